The van der Waals surface area contributed by atoms with E-state index in [2.05, 4.69) is 20.8 Å². The number of carbonyl (C=O) groups is 1. The van der Waals surface area contributed by atoms with E-state index in [1.165, 1.54) is 8.61 Å². The molecule has 12 nitrogen and oxygen atoms in total. The van der Waals surface area contributed by atoms with Crippen LogP contribution in [0.15, 0.2) is 24.3 Å². The first-order valence-corrected chi connectivity index (χ1v) is 11.9. The standard InChI is InChI=1S/C19H28N8O4S/c1-14-12-27(13-15(2)31-14)32(29,30)26-9-7-25(8-10-26)19(28)20-17-6-4-5-16(11-17)18-21-22-23-24(18)3/h4-6,11,14-15H,7-10,12-13H2,1-3H3,(H,20,28). The van der Waals surface area contributed by atoms with Crippen LogP contribution in [-0.2, 0) is 22.0 Å². The summed E-state index contributed by atoms with van der Waals surface area (Å²) in [4.78, 5) is 14.4. The molecule has 2 unspecified atom stereocenters. The first-order valence-electron chi connectivity index (χ1n) is 10.5. The maximum atomic E-state index is 13.0. The van der Waals surface area contributed by atoms with Gasteiger partial charge in [-0.15, -0.1) is 5.10 Å². The van der Waals surface area contributed by atoms with Gasteiger partial charge in [0.05, 0.1) is 12.2 Å². The van der Waals surface area contributed by atoms with E-state index in [4.69, 9.17) is 4.74 Å². The van der Waals surface area contributed by atoms with Crippen LogP contribution in [0.3, 0.4) is 0 Å². The molecule has 2 aliphatic heterocycles. The fraction of sp³-hybridized carbons (Fsp3) is 0.579. The monoisotopic (exact) mass is 464 g/mol. The van der Waals surface area contributed by atoms with Crippen LogP contribution in [0.5, 0.6) is 0 Å². The van der Waals surface area contributed by atoms with Crippen LogP contribution >= 0.6 is 0 Å². The number of piperazine rings is 1. The van der Waals surface area contributed by atoms with E-state index in [1.807, 2.05) is 26.0 Å². The SMILES string of the molecule is CC1CN(S(=O)(=O)N2CCN(C(=O)Nc3cccc(-c4nnnn4C)c3)CC2)CC(C)O1. The number of anilines is 1. The topological polar surface area (TPSA) is 126 Å². The van der Waals surface area contributed by atoms with Crippen molar-refractivity contribution in [2.45, 2.75) is 26.1 Å². The minimum atomic E-state index is -3.59. The Morgan fingerprint density at radius 2 is 1.78 bits per heavy atom. The van der Waals surface area contributed by atoms with E-state index in [0.717, 1.165) is 5.56 Å². The summed E-state index contributed by atoms with van der Waals surface area (Å²) in [7, 11) is -1.84. The lowest BCUT2D eigenvalue weighted by Crippen LogP contribution is -2.58. The number of aromatic nitrogens is 4. The van der Waals surface area contributed by atoms with E-state index in [1.54, 1.807) is 28.8 Å². The van der Waals surface area contributed by atoms with Crippen molar-refractivity contribution in [2.75, 3.05) is 44.6 Å². The lowest BCUT2D eigenvalue weighted by Gasteiger charge is -2.40. The summed E-state index contributed by atoms with van der Waals surface area (Å²) in [5, 5.41) is 14.3. The number of hydrogen-bond donors (Lipinski definition) is 1. The molecule has 3 heterocycles. The Balaban J connectivity index is 1.35. The van der Waals surface area contributed by atoms with Crippen LogP contribution in [0.4, 0.5) is 10.5 Å². The third-order valence-corrected chi connectivity index (χ3v) is 7.53. The molecule has 1 N–H and O–H groups in total. The molecule has 4 rings (SSSR count). The molecule has 2 atom stereocenters. The van der Waals surface area contributed by atoms with Crippen molar-refractivity contribution in [2.24, 2.45) is 7.05 Å². The smallest absolute Gasteiger partial charge is 0.321 e. The number of urea groups is 1. The van der Waals surface area contributed by atoms with Gasteiger partial charge in [-0.25, -0.2) is 9.48 Å². The van der Waals surface area contributed by atoms with E-state index >= 15 is 0 Å². The van der Waals surface area contributed by atoms with Gasteiger partial charge >= 0.3 is 6.03 Å². The molecule has 0 radical (unpaired) electrons. The zero-order valence-corrected chi connectivity index (χ0v) is 19.2. The lowest BCUT2D eigenvalue weighted by atomic mass is 10.2. The molecule has 2 amide bonds. The van der Waals surface area contributed by atoms with Crippen molar-refractivity contribution in [3.8, 4) is 11.4 Å². The van der Waals surface area contributed by atoms with Crippen molar-refractivity contribution in [3.63, 3.8) is 0 Å². The first kappa shape index (κ1) is 22.6. The summed E-state index contributed by atoms with van der Waals surface area (Å²) < 4.78 is 36.2. The predicted octanol–water partition coefficient (Wildman–Crippen LogP) is 0.381. The van der Waals surface area contributed by atoms with Gasteiger partial charge in [0.2, 0.25) is 0 Å². The predicted molar refractivity (Wildman–Crippen MR) is 117 cm³/mol. The summed E-state index contributed by atoms with van der Waals surface area (Å²) in [6, 6.07) is 6.98. The van der Waals surface area contributed by atoms with Gasteiger partial charge in [-0.3, -0.25) is 0 Å². The number of tetrazole rings is 1. The second-order valence-electron chi connectivity index (χ2n) is 8.11. The Morgan fingerprint density at radius 1 is 1.09 bits per heavy atom. The molecule has 2 aromatic rings. The second kappa shape index (κ2) is 9.10. The molecule has 2 saturated heterocycles. The molecule has 0 bridgehead atoms. The Bertz CT molecular complexity index is 1060. The Labute approximate surface area is 187 Å². The number of aryl methyl sites for hydroxylation is 1. The largest absolute Gasteiger partial charge is 0.373 e. The van der Waals surface area contributed by atoms with E-state index in [9.17, 15) is 13.2 Å². The summed E-state index contributed by atoms with van der Waals surface area (Å²) in [6.07, 6.45) is -0.289. The van der Waals surface area contributed by atoms with Crippen LogP contribution in [0.1, 0.15) is 13.8 Å². The van der Waals surface area contributed by atoms with Gasteiger partial charge in [-0.1, -0.05) is 12.1 Å². The van der Waals surface area contributed by atoms with E-state index < -0.39 is 10.2 Å². The van der Waals surface area contributed by atoms with Gasteiger partial charge in [-0.05, 0) is 36.4 Å². The van der Waals surface area contributed by atoms with Gasteiger partial charge in [0.25, 0.3) is 10.2 Å². The molecular formula is C19H28N8O4S. The highest BCUT2D eigenvalue weighted by Crippen LogP contribution is 2.21. The molecule has 0 spiro atoms. The number of nitrogens with one attached hydrogen (secondary N) is 1. The number of rotatable bonds is 4. The second-order valence-corrected chi connectivity index (χ2v) is 10.0. The maximum absolute atomic E-state index is 13.0. The summed E-state index contributed by atoms with van der Waals surface area (Å²) >= 11 is 0. The molecule has 32 heavy (non-hydrogen) atoms. The molecule has 0 aliphatic carbocycles. The zero-order valence-electron chi connectivity index (χ0n) is 18.4. The molecule has 1 aromatic carbocycles. The van der Waals surface area contributed by atoms with Crippen LogP contribution in [0.25, 0.3) is 11.4 Å². The molecular weight excluding hydrogens is 436 g/mol. The van der Waals surface area contributed by atoms with Gasteiger partial charge < -0.3 is 15.0 Å². The van der Waals surface area contributed by atoms with Gasteiger partial charge in [0.1, 0.15) is 0 Å². The van der Waals surface area contributed by atoms with Crippen molar-refractivity contribution in [3.05, 3.63) is 24.3 Å². The maximum Gasteiger partial charge on any atom is 0.321 e. The summed E-state index contributed by atoms with van der Waals surface area (Å²) in [5.41, 5.74) is 1.39. The lowest BCUT2D eigenvalue weighted by molar-refractivity contribution is -0.0456. The highest BCUT2D eigenvalue weighted by atomic mass is 32.2. The molecule has 2 fully saturated rings. The van der Waals surface area contributed by atoms with Crippen molar-refractivity contribution < 1.29 is 17.9 Å². The minimum Gasteiger partial charge on any atom is -0.373 e. The van der Waals surface area contributed by atoms with Crippen molar-refractivity contribution in [1.29, 1.82) is 0 Å². The van der Waals surface area contributed by atoms with E-state index in [-0.39, 0.29) is 31.3 Å². The van der Waals surface area contributed by atoms with Crippen LogP contribution < -0.4 is 5.32 Å². The highest BCUT2D eigenvalue weighted by molar-refractivity contribution is 7.86. The quantitative estimate of drug-likeness (QED) is 0.693. The Morgan fingerprint density at radius 3 is 2.41 bits per heavy atom. The number of nitrogens with zero attached hydrogens (tertiary/aromatic N) is 7. The Kier molecular flexibility index (Phi) is 6.42. The number of benzene rings is 1. The fourth-order valence-electron chi connectivity index (χ4n) is 4.02. The van der Waals surface area contributed by atoms with Crippen LogP contribution in [-0.4, -0.2) is 99.6 Å². The average molecular weight is 465 g/mol. The molecule has 2 aliphatic rings. The molecule has 0 saturated carbocycles. The van der Waals surface area contributed by atoms with Crippen LogP contribution in [0, 0.1) is 0 Å². The summed E-state index contributed by atoms with van der Waals surface area (Å²) in [5.74, 6) is 0.590. The number of hydrogen-bond acceptors (Lipinski definition) is 7. The fourth-order valence-corrected chi connectivity index (χ4v) is 5.76. The molecule has 174 valence electrons. The van der Waals surface area contributed by atoms with Crippen LogP contribution in [0.2, 0.25) is 0 Å². The van der Waals surface area contributed by atoms with Gasteiger partial charge in [-0.2, -0.15) is 17.0 Å². The molecule has 13 heteroatoms. The number of amides is 2. The number of ether oxygens (including phenoxy) is 1. The van der Waals surface area contributed by atoms with Gasteiger partial charge in [0, 0.05) is 57.6 Å². The number of carbonyl (C=O) groups excluding carboxylic acids is 1. The average Bonchev–Trinajstić information content (AvgIpc) is 3.19. The first-order chi connectivity index (χ1) is 15.2. The highest BCUT2D eigenvalue weighted by Gasteiger charge is 2.37. The Hall–Kier alpha value is -2.61. The molecule has 1 aromatic heterocycles. The third kappa shape index (κ3) is 4.75. The normalized spacial score (nSPS) is 23.3. The van der Waals surface area contributed by atoms with Gasteiger partial charge in [0.15, 0.2) is 5.82 Å². The minimum absolute atomic E-state index is 0.145. The van der Waals surface area contributed by atoms with Crippen molar-refractivity contribution >= 4 is 21.9 Å². The zero-order chi connectivity index (χ0) is 22.9. The third-order valence-electron chi connectivity index (χ3n) is 5.56. The van der Waals surface area contributed by atoms with Crippen molar-refractivity contribution in [1.82, 2.24) is 33.7 Å². The summed E-state index contributed by atoms with van der Waals surface area (Å²) in [6.45, 7) is 5.55. The number of morpholine rings is 1. The van der Waals surface area contributed by atoms with E-state index in [0.29, 0.717) is 37.7 Å².